The molecule has 114 valence electrons. The van der Waals surface area contributed by atoms with E-state index in [4.69, 9.17) is 5.11 Å². The number of anilines is 1. The minimum absolute atomic E-state index is 0.0632. The fraction of sp³-hybridized carbons (Fsp3) is 0.500. The molecule has 0 aromatic heterocycles. The lowest BCUT2D eigenvalue weighted by Gasteiger charge is -2.32. The van der Waals surface area contributed by atoms with E-state index < -0.39 is 5.97 Å². The Morgan fingerprint density at radius 3 is 2.43 bits per heavy atom. The fourth-order valence-electron chi connectivity index (χ4n) is 2.41. The van der Waals surface area contributed by atoms with Gasteiger partial charge in [0.25, 0.3) is 0 Å². The van der Waals surface area contributed by atoms with Crippen molar-refractivity contribution in [2.45, 2.75) is 32.2 Å². The Morgan fingerprint density at radius 1 is 1.29 bits per heavy atom. The molecule has 0 spiro atoms. The standard InChI is InChI=1S/C16H22N2O3/c1-12(13-8-9-13)17(2)16(21)18(11-10-15(19)20)14-6-4-3-5-7-14/h3-7,12-13H,8-11H2,1-2H3,(H,19,20). The van der Waals surface area contributed by atoms with Crippen LogP contribution in [-0.2, 0) is 4.79 Å². The number of benzene rings is 1. The van der Waals surface area contributed by atoms with Crippen LogP contribution in [0.15, 0.2) is 30.3 Å². The number of amides is 2. The molecule has 1 aliphatic rings. The van der Waals surface area contributed by atoms with Gasteiger partial charge in [-0.2, -0.15) is 0 Å². The highest BCUT2D eigenvalue weighted by Crippen LogP contribution is 2.35. The summed E-state index contributed by atoms with van der Waals surface area (Å²) in [5.74, 6) is -0.322. The predicted molar refractivity (Wildman–Crippen MR) is 81.4 cm³/mol. The van der Waals surface area contributed by atoms with Crippen LogP contribution in [0.4, 0.5) is 10.5 Å². The van der Waals surface area contributed by atoms with Crippen molar-refractivity contribution >= 4 is 17.7 Å². The minimum atomic E-state index is -0.901. The number of para-hydroxylation sites is 1. The molecule has 5 heteroatoms. The first-order chi connectivity index (χ1) is 10.0. The van der Waals surface area contributed by atoms with Crippen LogP contribution in [0.5, 0.6) is 0 Å². The van der Waals surface area contributed by atoms with Crippen LogP contribution >= 0.6 is 0 Å². The van der Waals surface area contributed by atoms with Gasteiger partial charge in [0.15, 0.2) is 0 Å². The smallest absolute Gasteiger partial charge is 0.324 e. The molecule has 0 aliphatic heterocycles. The zero-order valence-electron chi connectivity index (χ0n) is 12.5. The number of nitrogens with zero attached hydrogens (tertiary/aromatic N) is 2. The lowest BCUT2D eigenvalue weighted by Crippen LogP contribution is -2.46. The van der Waals surface area contributed by atoms with E-state index in [1.807, 2.05) is 30.3 Å². The Labute approximate surface area is 125 Å². The van der Waals surface area contributed by atoms with Crippen molar-refractivity contribution in [3.63, 3.8) is 0 Å². The summed E-state index contributed by atoms with van der Waals surface area (Å²) in [7, 11) is 1.79. The number of urea groups is 1. The third-order valence-electron chi connectivity index (χ3n) is 4.06. The second-order valence-corrected chi connectivity index (χ2v) is 5.60. The summed E-state index contributed by atoms with van der Waals surface area (Å²) in [4.78, 5) is 26.8. The van der Waals surface area contributed by atoms with Gasteiger partial charge in [0.2, 0.25) is 0 Å². The van der Waals surface area contributed by atoms with Gasteiger partial charge in [0.05, 0.1) is 6.42 Å². The second-order valence-electron chi connectivity index (χ2n) is 5.60. The quantitative estimate of drug-likeness (QED) is 0.876. The summed E-state index contributed by atoms with van der Waals surface area (Å²) >= 11 is 0. The monoisotopic (exact) mass is 290 g/mol. The molecule has 0 bridgehead atoms. The Hall–Kier alpha value is -2.04. The van der Waals surface area contributed by atoms with Crippen molar-refractivity contribution in [3.05, 3.63) is 30.3 Å². The van der Waals surface area contributed by atoms with E-state index in [-0.39, 0.29) is 25.0 Å². The van der Waals surface area contributed by atoms with Crippen LogP contribution in [0.3, 0.4) is 0 Å². The molecule has 2 rings (SSSR count). The third-order valence-corrected chi connectivity index (χ3v) is 4.06. The van der Waals surface area contributed by atoms with E-state index in [9.17, 15) is 9.59 Å². The topological polar surface area (TPSA) is 60.9 Å². The maximum Gasteiger partial charge on any atom is 0.324 e. The summed E-state index contributed by atoms with van der Waals surface area (Å²) in [6.07, 6.45) is 2.27. The minimum Gasteiger partial charge on any atom is -0.481 e. The van der Waals surface area contributed by atoms with Crippen molar-refractivity contribution in [1.82, 2.24) is 4.90 Å². The molecule has 1 unspecified atom stereocenters. The van der Waals surface area contributed by atoms with Crippen LogP contribution < -0.4 is 4.90 Å². The Morgan fingerprint density at radius 2 is 1.90 bits per heavy atom. The predicted octanol–water partition coefficient (Wildman–Crippen LogP) is 2.82. The number of hydrogen-bond donors (Lipinski definition) is 1. The number of carboxylic acid groups (broad SMARTS) is 1. The first-order valence-electron chi connectivity index (χ1n) is 7.32. The molecule has 1 atom stereocenters. The van der Waals surface area contributed by atoms with Gasteiger partial charge in [-0.15, -0.1) is 0 Å². The Bertz CT molecular complexity index is 500. The molecule has 1 saturated carbocycles. The fourth-order valence-corrected chi connectivity index (χ4v) is 2.41. The van der Waals surface area contributed by atoms with Crippen LogP contribution in [0.1, 0.15) is 26.2 Å². The molecule has 1 aliphatic carbocycles. The number of carbonyl (C=O) groups is 2. The van der Waals surface area contributed by atoms with E-state index >= 15 is 0 Å². The Balaban J connectivity index is 2.13. The first kappa shape index (κ1) is 15.4. The largest absolute Gasteiger partial charge is 0.481 e. The zero-order valence-corrected chi connectivity index (χ0v) is 12.5. The summed E-state index contributed by atoms with van der Waals surface area (Å²) < 4.78 is 0. The summed E-state index contributed by atoms with van der Waals surface area (Å²) in [6.45, 7) is 2.23. The van der Waals surface area contributed by atoms with E-state index in [1.54, 1.807) is 16.8 Å². The molecule has 1 aromatic carbocycles. The van der Waals surface area contributed by atoms with Crippen LogP contribution in [0.25, 0.3) is 0 Å². The van der Waals surface area contributed by atoms with Gasteiger partial charge in [-0.1, -0.05) is 18.2 Å². The van der Waals surface area contributed by atoms with Crippen LogP contribution in [-0.4, -0.2) is 41.6 Å². The third kappa shape index (κ3) is 3.97. The second kappa shape index (κ2) is 6.61. The van der Waals surface area contributed by atoms with E-state index in [1.165, 1.54) is 12.8 Å². The van der Waals surface area contributed by atoms with E-state index in [0.717, 1.165) is 5.69 Å². The molecule has 1 aromatic rings. The maximum atomic E-state index is 12.7. The van der Waals surface area contributed by atoms with Gasteiger partial charge in [-0.3, -0.25) is 9.69 Å². The van der Waals surface area contributed by atoms with Crippen molar-refractivity contribution in [2.24, 2.45) is 5.92 Å². The molecular formula is C16H22N2O3. The highest BCUT2D eigenvalue weighted by Gasteiger charge is 2.34. The Kier molecular flexibility index (Phi) is 4.83. The SMILES string of the molecule is CC(C1CC1)N(C)C(=O)N(CCC(=O)O)c1ccccc1. The van der Waals surface area contributed by atoms with Gasteiger partial charge in [-0.05, 0) is 37.8 Å². The van der Waals surface area contributed by atoms with Crippen LogP contribution in [0, 0.1) is 5.92 Å². The molecule has 1 N–H and O–H groups in total. The molecule has 5 nitrogen and oxygen atoms in total. The average Bonchev–Trinajstić information content (AvgIpc) is 3.31. The highest BCUT2D eigenvalue weighted by atomic mass is 16.4. The molecule has 0 radical (unpaired) electrons. The summed E-state index contributed by atoms with van der Waals surface area (Å²) in [5.41, 5.74) is 0.735. The maximum absolute atomic E-state index is 12.7. The van der Waals surface area contributed by atoms with Crippen molar-refractivity contribution in [3.8, 4) is 0 Å². The normalized spacial score (nSPS) is 15.3. The molecule has 0 heterocycles. The number of aliphatic carboxylic acids is 1. The molecule has 21 heavy (non-hydrogen) atoms. The van der Waals surface area contributed by atoms with E-state index in [0.29, 0.717) is 5.92 Å². The summed E-state index contributed by atoms with van der Waals surface area (Å²) in [5, 5.41) is 8.89. The highest BCUT2D eigenvalue weighted by molar-refractivity contribution is 5.92. The van der Waals surface area contributed by atoms with Crippen LogP contribution in [0.2, 0.25) is 0 Å². The molecular weight excluding hydrogens is 268 g/mol. The molecule has 2 amide bonds. The number of carboxylic acids is 1. The average molecular weight is 290 g/mol. The van der Waals surface area contributed by atoms with Gasteiger partial charge in [0.1, 0.15) is 0 Å². The first-order valence-corrected chi connectivity index (χ1v) is 7.32. The van der Waals surface area contributed by atoms with Gasteiger partial charge >= 0.3 is 12.0 Å². The molecule has 0 saturated heterocycles. The molecule has 1 fully saturated rings. The number of rotatable bonds is 6. The zero-order chi connectivity index (χ0) is 15.4. The van der Waals surface area contributed by atoms with Gasteiger partial charge < -0.3 is 10.0 Å². The van der Waals surface area contributed by atoms with Crippen molar-refractivity contribution < 1.29 is 14.7 Å². The number of carbonyl (C=O) groups excluding carboxylic acids is 1. The van der Waals surface area contributed by atoms with Crippen molar-refractivity contribution in [2.75, 3.05) is 18.5 Å². The summed E-state index contributed by atoms with van der Waals surface area (Å²) in [6, 6.07) is 9.28. The lowest BCUT2D eigenvalue weighted by atomic mass is 10.2. The van der Waals surface area contributed by atoms with Crippen molar-refractivity contribution in [1.29, 1.82) is 0 Å². The van der Waals surface area contributed by atoms with Gasteiger partial charge in [0, 0.05) is 25.3 Å². The number of hydrogen-bond acceptors (Lipinski definition) is 2. The van der Waals surface area contributed by atoms with Gasteiger partial charge in [-0.25, -0.2) is 4.79 Å². The van der Waals surface area contributed by atoms with E-state index in [2.05, 4.69) is 6.92 Å². The lowest BCUT2D eigenvalue weighted by molar-refractivity contribution is -0.136.